The Kier molecular flexibility index (Phi) is 2.38. The molecule has 1 nitrogen and oxygen atoms in total. The van der Waals surface area contributed by atoms with Gasteiger partial charge in [-0.05, 0) is 23.9 Å². The first-order valence-electron chi connectivity index (χ1n) is 4.49. The van der Waals surface area contributed by atoms with Crippen LogP contribution < -0.4 is 4.74 Å². The smallest absolute Gasteiger partial charge is 0.127 e. The zero-order valence-electron chi connectivity index (χ0n) is 8.24. The Morgan fingerprint density at radius 2 is 1.79 bits per heavy atom. The van der Waals surface area contributed by atoms with Gasteiger partial charge in [-0.15, -0.1) is 12.6 Å². The fourth-order valence-corrected chi connectivity index (χ4v) is 1.88. The number of benzene rings is 2. The Hall–Kier alpha value is -1.15. The number of aryl methyl sites for hydroxylation is 1. The van der Waals surface area contributed by atoms with Crippen LogP contribution in [0.2, 0.25) is 0 Å². The Morgan fingerprint density at radius 1 is 1.14 bits per heavy atom. The Labute approximate surface area is 89.1 Å². The van der Waals surface area contributed by atoms with Crippen LogP contribution in [0.25, 0.3) is 10.8 Å². The van der Waals surface area contributed by atoms with Crippen LogP contribution in [0.3, 0.4) is 0 Å². The first kappa shape index (κ1) is 9.41. The maximum Gasteiger partial charge on any atom is 0.127 e. The van der Waals surface area contributed by atoms with Gasteiger partial charge in [-0.25, -0.2) is 0 Å². The molecule has 0 aliphatic heterocycles. The number of rotatable bonds is 1. The molecular weight excluding hydrogens is 192 g/mol. The van der Waals surface area contributed by atoms with Crippen LogP contribution in [0, 0.1) is 6.92 Å². The van der Waals surface area contributed by atoms with Crippen molar-refractivity contribution in [2.45, 2.75) is 11.8 Å². The average Bonchev–Trinajstić information content (AvgIpc) is 2.23. The van der Waals surface area contributed by atoms with Crippen LogP contribution in [0.15, 0.2) is 35.2 Å². The Morgan fingerprint density at radius 3 is 2.43 bits per heavy atom. The lowest BCUT2D eigenvalue weighted by Gasteiger charge is -2.09. The van der Waals surface area contributed by atoms with Gasteiger partial charge in [-0.1, -0.05) is 24.3 Å². The third-order valence-electron chi connectivity index (χ3n) is 2.47. The van der Waals surface area contributed by atoms with E-state index in [1.807, 2.05) is 18.2 Å². The van der Waals surface area contributed by atoms with Crippen molar-refractivity contribution >= 4 is 23.4 Å². The molecule has 0 saturated carbocycles. The molecule has 0 N–H and O–H groups in total. The fourth-order valence-electron chi connectivity index (χ4n) is 1.64. The molecule has 0 unspecified atom stereocenters. The third-order valence-corrected chi connectivity index (χ3v) is 2.93. The number of thiol groups is 1. The minimum Gasteiger partial charge on any atom is -0.496 e. The summed E-state index contributed by atoms with van der Waals surface area (Å²) in [5.74, 6) is 0.885. The monoisotopic (exact) mass is 204 g/mol. The minimum absolute atomic E-state index is 0.885. The minimum atomic E-state index is 0.885. The van der Waals surface area contributed by atoms with Crippen LogP contribution in [0.4, 0.5) is 0 Å². The summed E-state index contributed by atoms with van der Waals surface area (Å²) in [5, 5.41) is 2.35. The van der Waals surface area contributed by atoms with E-state index in [-0.39, 0.29) is 0 Å². The molecule has 2 aromatic carbocycles. The molecule has 0 radical (unpaired) electrons. The number of methoxy groups -OCH3 is 1. The summed E-state index contributed by atoms with van der Waals surface area (Å²) in [6, 6.07) is 10.2. The molecule has 72 valence electrons. The van der Waals surface area contributed by atoms with Gasteiger partial charge in [0, 0.05) is 10.3 Å². The van der Waals surface area contributed by atoms with Crippen molar-refractivity contribution in [2.24, 2.45) is 0 Å². The summed E-state index contributed by atoms with van der Waals surface area (Å²) in [6.45, 7) is 2.07. The maximum atomic E-state index is 5.31. The first-order valence-corrected chi connectivity index (χ1v) is 4.94. The lowest BCUT2D eigenvalue weighted by atomic mass is 10.0. The molecule has 2 aromatic rings. The molecule has 0 heterocycles. The third kappa shape index (κ3) is 1.36. The lowest BCUT2D eigenvalue weighted by Crippen LogP contribution is -1.88. The van der Waals surface area contributed by atoms with Crippen molar-refractivity contribution < 1.29 is 4.74 Å². The number of ether oxygens (including phenoxy) is 1. The average molecular weight is 204 g/mol. The topological polar surface area (TPSA) is 9.23 Å². The second kappa shape index (κ2) is 3.54. The lowest BCUT2D eigenvalue weighted by molar-refractivity contribution is 0.418. The second-order valence-electron chi connectivity index (χ2n) is 3.27. The number of fused-ring (bicyclic) bond motifs is 1. The van der Waals surface area contributed by atoms with Crippen LogP contribution in [-0.2, 0) is 0 Å². The van der Waals surface area contributed by atoms with Crippen LogP contribution in [0.1, 0.15) is 5.56 Å². The second-order valence-corrected chi connectivity index (χ2v) is 3.75. The molecule has 0 fully saturated rings. The van der Waals surface area contributed by atoms with Gasteiger partial charge in [0.05, 0.1) is 7.11 Å². The summed E-state index contributed by atoms with van der Waals surface area (Å²) in [4.78, 5) is 0.973. The van der Waals surface area contributed by atoms with Gasteiger partial charge in [-0.3, -0.25) is 0 Å². The van der Waals surface area contributed by atoms with E-state index in [1.54, 1.807) is 7.11 Å². The molecule has 0 amide bonds. The SMILES string of the molecule is COc1cc(S)c(C)c2ccccc12. The van der Waals surface area contributed by atoms with E-state index in [0.717, 1.165) is 16.0 Å². The van der Waals surface area contributed by atoms with Crippen molar-refractivity contribution in [2.75, 3.05) is 7.11 Å². The van der Waals surface area contributed by atoms with Gasteiger partial charge in [-0.2, -0.15) is 0 Å². The predicted molar refractivity (Wildman–Crippen MR) is 62.5 cm³/mol. The summed E-state index contributed by atoms with van der Waals surface area (Å²) < 4.78 is 5.31. The molecule has 0 aliphatic rings. The zero-order chi connectivity index (χ0) is 10.1. The standard InChI is InChI=1S/C12H12OS/c1-8-9-5-3-4-6-10(9)11(13-2)7-12(8)14/h3-7,14H,1-2H3. The Balaban J connectivity index is 2.89. The van der Waals surface area contributed by atoms with Crippen LogP contribution >= 0.6 is 12.6 Å². The molecule has 0 aromatic heterocycles. The van der Waals surface area contributed by atoms with E-state index < -0.39 is 0 Å². The van der Waals surface area contributed by atoms with Gasteiger partial charge in [0.1, 0.15) is 5.75 Å². The molecule has 0 saturated heterocycles. The summed E-state index contributed by atoms with van der Waals surface area (Å²) in [5.41, 5.74) is 1.20. The largest absolute Gasteiger partial charge is 0.496 e. The molecule has 0 bridgehead atoms. The molecular formula is C12H12OS. The highest BCUT2D eigenvalue weighted by molar-refractivity contribution is 7.80. The summed E-state index contributed by atoms with van der Waals surface area (Å²) in [6.07, 6.45) is 0. The van der Waals surface area contributed by atoms with E-state index in [4.69, 9.17) is 4.74 Å². The van der Waals surface area contributed by atoms with Crippen molar-refractivity contribution in [3.05, 3.63) is 35.9 Å². The number of hydrogen-bond donors (Lipinski definition) is 1. The highest BCUT2D eigenvalue weighted by atomic mass is 32.1. The van der Waals surface area contributed by atoms with Gasteiger partial charge in [0.25, 0.3) is 0 Å². The molecule has 0 aliphatic carbocycles. The van der Waals surface area contributed by atoms with Gasteiger partial charge in [0.15, 0.2) is 0 Å². The van der Waals surface area contributed by atoms with Crippen molar-refractivity contribution in [1.82, 2.24) is 0 Å². The van der Waals surface area contributed by atoms with E-state index in [2.05, 4.69) is 31.7 Å². The highest BCUT2D eigenvalue weighted by Crippen LogP contribution is 2.32. The molecule has 0 spiro atoms. The fraction of sp³-hybridized carbons (Fsp3) is 0.167. The van der Waals surface area contributed by atoms with Crippen LogP contribution in [0.5, 0.6) is 5.75 Å². The summed E-state index contributed by atoms with van der Waals surface area (Å²) >= 11 is 4.42. The summed E-state index contributed by atoms with van der Waals surface area (Å²) in [7, 11) is 1.68. The van der Waals surface area contributed by atoms with Crippen LogP contribution in [-0.4, -0.2) is 7.11 Å². The van der Waals surface area contributed by atoms with Crippen molar-refractivity contribution in [3.8, 4) is 5.75 Å². The predicted octanol–water partition coefficient (Wildman–Crippen LogP) is 3.45. The van der Waals surface area contributed by atoms with E-state index in [1.165, 1.54) is 10.9 Å². The number of hydrogen-bond acceptors (Lipinski definition) is 2. The molecule has 2 rings (SSSR count). The molecule has 0 atom stereocenters. The van der Waals surface area contributed by atoms with E-state index in [0.29, 0.717) is 0 Å². The normalized spacial score (nSPS) is 10.5. The van der Waals surface area contributed by atoms with Gasteiger partial charge < -0.3 is 4.74 Å². The van der Waals surface area contributed by atoms with Crippen molar-refractivity contribution in [1.29, 1.82) is 0 Å². The maximum absolute atomic E-state index is 5.31. The molecule has 14 heavy (non-hydrogen) atoms. The van der Waals surface area contributed by atoms with Gasteiger partial charge in [0.2, 0.25) is 0 Å². The first-order chi connectivity index (χ1) is 6.74. The highest BCUT2D eigenvalue weighted by Gasteiger charge is 2.06. The quantitative estimate of drug-likeness (QED) is 0.700. The molecule has 2 heteroatoms. The van der Waals surface area contributed by atoms with Crippen molar-refractivity contribution in [3.63, 3.8) is 0 Å². The zero-order valence-corrected chi connectivity index (χ0v) is 9.14. The van der Waals surface area contributed by atoms with Gasteiger partial charge >= 0.3 is 0 Å². The van der Waals surface area contributed by atoms with E-state index >= 15 is 0 Å². The Bertz CT molecular complexity index is 477. The van der Waals surface area contributed by atoms with E-state index in [9.17, 15) is 0 Å².